The number of benzene rings is 2. The zero-order valence-electron chi connectivity index (χ0n) is 15.5. The molecule has 0 bridgehead atoms. The lowest BCUT2D eigenvalue weighted by molar-refractivity contribution is -0.122. The van der Waals surface area contributed by atoms with Crippen molar-refractivity contribution in [1.29, 1.82) is 0 Å². The molecule has 2 atom stereocenters. The molecule has 3 N–H and O–H groups in total. The van der Waals surface area contributed by atoms with Gasteiger partial charge in [0.15, 0.2) is 0 Å². The third-order valence-electron chi connectivity index (χ3n) is 6.13. The second kappa shape index (κ2) is 7.06. The fourth-order valence-electron chi connectivity index (χ4n) is 4.62. The Kier molecular flexibility index (Phi) is 4.74. The maximum absolute atomic E-state index is 13.8. The molecule has 4 nitrogen and oxygen atoms in total. The van der Waals surface area contributed by atoms with Crippen LogP contribution in [0.3, 0.4) is 0 Å². The number of aliphatic hydroxyl groups is 1. The first-order chi connectivity index (χ1) is 13.0. The van der Waals surface area contributed by atoms with E-state index in [1.165, 1.54) is 6.07 Å². The highest BCUT2D eigenvalue weighted by molar-refractivity contribution is 5.79. The van der Waals surface area contributed by atoms with E-state index in [0.29, 0.717) is 11.1 Å². The Balaban J connectivity index is 1.56. The summed E-state index contributed by atoms with van der Waals surface area (Å²) in [6, 6.07) is 12.4. The quantitative estimate of drug-likeness (QED) is 0.780. The van der Waals surface area contributed by atoms with E-state index in [0.717, 1.165) is 37.1 Å². The molecule has 0 saturated carbocycles. The van der Waals surface area contributed by atoms with Gasteiger partial charge in [-0.2, -0.15) is 0 Å². The van der Waals surface area contributed by atoms with Crippen molar-refractivity contribution >= 4 is 5.91 Å². The minimum Gasteiger partial charge on any atom is -0.390 e. The Bertz CT molecular complexity index is 861. The van der Waals surface area contributed by atoms with Gasteiger partial charge in [0, 0.05) is 5.41 Å². The van der Waals surface area contributed by atoms with Gasteiger partial charge in [0.25, 0.3) is 0 Å². The number of fused-ring (bicyclic) bond motifs is 2. The molecule has 2 aromatic carbocycles. The molecular weight excluding hydrogens is 343 g/mol. The molecule has 1 saturated heterocycles. The van der Waals surface area contributed by atoms with Gasteiger partial charge in [-0.15, -0.1) is 0 Å². The van der Waals surface area contributed by atoms with Crippen molar-refractivity contribution < 1.29 is 14.3 Å². The number of aryl methyl sites for hydroxylation is 1. The van der Waals surface area contributed by atoms with Crippen molar-refractivity contribution in [3.8, 4) is 0 Å². The average Bonchev–Trinajstić information content (AvgIpc) is 2.89. The Labute approximate surface area is 158 Å². The van der Waals surface area contributed by atoms with Crippen LogP contribution in [0.5, 0.6) is 0 Å². The maximum Gasteiger partial charge on any atom is 0.224 e. The molecule has 1 aliphatic carbocycles. The van der Waals surface area contributed by atoms with Crippen LogP contribution in [0.2, 0.25) is 0 Å². The first kappa shape index (κ1) is 18.1. The van der Waals surface area contributed by atoms with Gasteiger partial charge in [-0.25, -0.2) is 4.39 Å². The molecular formula is C22H25FN2O2. The van der Waals surface area contributed by atoms with Crippen LogP contribution in [0, 0.1) is 12.7 Å². The molecule has 1 aliphatic heterocycles. The van der Waals surface area contributed by atoms with E-state index < -0.39 is 12.1 Å². The van der Waals surface area contributed by atoms with Gasteiger partial charge in [0.05, 0.1) is 18.6 Å². The minimum atomic E-state index is -0.657. The van der Waals surface area contributed by atoms with Crippen molar-refractivity contribution in [3.05, 3.63) is 70.5 Å². The van der Waals surface area contributed by atoms with E-state index in [2.05, 4.69) is 16.7 Å². The fourth-order valence-corrected chi connectivity index (χ4v) is 4.62. The predicted molar refractivity (Wildman–Crippen MR) is 102 cm³/mol. The molecule has 5 heteroatoms. The number of hydrogen-bond acceptors (Lipinski definition) is 3. The van der Waals surface area contributed by atoms with Crippen molar-refractivity contribution in [2.24, 2.45) is 0 Å². The lowest BCUT2D eigenvalue weighted by atomic mass is 9.72. The third kappa shape index (κ3) is 3.15. The molecule has 2 aromatic rings. The largest absolute Gasteiger partial charge is 0.390 e. The molecule has 142 valence electrons. The van der Waals surface area contributed by atoms with Crippen LogP contribution in [0.4, 0.5) is 4.39 Å². The highest BCUT2D eigenvalue weighted by Crippen LogP contribution is 2.49. The summed E-state index contributed by atoms with van der Waals surface area (Å²) in [5.41, 5.74) is 3.02. The standard InChI is InChI=1S/C22H25FN2O2/c1-14-6-7-15(12-18(14)23)13-19(26)25-20-16-4-2-3-5-17(16)22(21(20)27)8-10-24-11-9-22/h2-7,12,20-21,24,27H,8-11,13H2,1H3,(H,25,26)/t20-,21+/m0/s1. The smallest absolute Gasteiger partial charge is 0.224 e. The zero-order chi connectivity index (χ0) is 19.0. The summed E-state index contributed by atoms with van der Waals surface area (Å²) in [4.78, 5) is 12.6. The first-order valence-electron chi connectivity index (χ1n) is 9.54. The summed E-state index contributed by atoms with van der Waals surface area (Å²) >= 11 is 0. The van der Waals surface area contributed by atoms with Crippen LogP contribution in [-0.4, -0.2) is 30.2 Å². The number of halogens is 1. The third-order valence-corrected chi connectivity index (χ3v) is 6.13. The Morgan fingerprint density at radius 2 is 2.00 bits per heavy atom. The van der Waals surface area contributed by atoms with E-state index >= 15 is 0 Å². The van der Waals surface area contributed by atoms with Crippen molar-refractivity contribution in [1.82, 2.24) is 10.6 Å². The van der Waals surface area contributed by atoms with Gasteiger partial charge in [0.2, 0.25) is 5.91 Å². The minimum absolute atomic E-state index is 0.0944. The second-order valence-corrected chi connectivity index (χ2v) is 7.74. The number of amides is 1. The van der Waals surface area contributed by atoms with Crippen molar-refractivity contribution in [2.75, 3.05) is 13.1 Å². The second-order valence-electron chi connectivity index (χ2n) is 7.74. The highest BCUT2D eigenvalue weighted by Gasteiger charge is 2.51. The SMILES string of the molecule is Cc1ccc(CC(=O)N[C@H]2c3ccccc3C3(CCNCC3)[C@@H]2O)cc1F. The molecule has 2 aliphatic rings. The maximum atomic E-state index is 13.8. The Hall–Kier alpha value is -2.24. The summed E-state index contributed by atoms with van der Waals surface area (Å²) in [6.45, 7) is 3.41. The molecule has 4 rings (SSSR count). The van der Waals surface area contributed by atoms with Crippen LogP contribution >= 0.6 is 0 Å². The normalized spacial score (nSPS) is 23.2. The lowest BCUT2D eigenvalue weighted by Gasteiger charge is -2.38. The Morgan fingerprint density at radius 1 is 1.26 bits per heavy atom. The zero-order valence-corrected chi connectivity index (χ0v) is 15.5. The van der Waals surface area contributed by atoms with Gasteiger partial charge in [-0.1, -0.05) is 36.4 Å². The first-order valence-corrected chi connectivity index (χ1v) is 9.54. The molecule has 1 amide bonds. The van der Waals surface area contributed by atoms with Gasteiger partial charge < -0.3 is 15.7 Å². The predicted octanol–water partition coefficient (Wildman–Crippen LogP) is 2.53. The number of hydrogen-bond donors (Lipinski definition) is 3. The van der Waals surface area contributed by atoms with Gasteiger partial charge in [-0.3, -0.25) is 4.79 Å². The topological polar surface area (TPSA) is 61.4 Å². The monoisotopic (exact) mass is 368 g/mol. The summed E-state index contributed by atoms with van der Waals surface area (Å²) in [6.07, 6.45) is 1.13. The van der Waals surface area contributed by atoms with E-state index in [4.69, 9.17) is 0 Å². The summed E-state index contributed by atoms with van der Waals surface area (Å²) in [5, 5.41) is 17.5. The van der Waals surface area contributed by atoms with Crippen molar-refractivity contribution in [2.45, 2.75) is 43.7 Å². The molecule has 27 heavy (non-hydrogen) atoms. The average molecular weight is 368 g/mol. The highest BCUT2D eigenvalue weighted by atomic mass is 19.1. The number of aliphatic hydroxyl groups excluding tert-OH is 1. The van der Waals surface area contributed by atoms with Gasteiger partial charge in [0.1, 0.15) is 5.82 Å². The number of nitrogens with one attached hydrogen (secondary N) is 2. The molecule has 0 radical (unpaired) electrons. The van der Waals surface area contributed by atoms with Crippen LogP contribution in [0.1, 0.15) is 41.1 Å². The van der Waals surface area contributed by atoms with E-state index in [9.17, 15) is 14.3 Å². The van der Waals surface area contributed by atoms with E-state index in [-0.39, 0.29) is 23.6 Å². The van der Waals surface area contributed by atoms with E-state index in [1.807, 2.05) is 18.2 Å². The van der Waals surface area contributed by atoms with Crippen LogP contribution in [0.15, 0.2) is 42.5 Å². The van der Waals surface area contributed by atoms with Gasteiger partial charge in [-0.05, 0) is 61.2 Å². The molecule has 1 heterocycles. The fraction of sp³-hybridized carbons (Fsp3) is 0.409. The van der Waals surface area contributed by atoms with Crippen LogP contribution < -0.4 is 10.6 Å². The van der Waals surface area contributed by atoms with Crippen LogP contribution in [-0.2, 0) is 16.6 Å². The summed E-state index contributed by atoms with van der Waals surface area (Å²) in [7, 11) is 0. The summed E-state index contributed by atoms with van der Waals surface area (Å²) in [5.74, 6) is -0.511. The molecule has 1 spiro atoms. The number of piperidine rings is 1. The van der Waals surface area contributed by atoms with Crippen LogP contribution in [0.25, 0.3) is 0 Å². The van der Waals surface area contributed by atoms with E-state index in [1.54, 1.807) is 19.1 Å². The Morgan fingerprint density at radius 3 is 2.74 bits per heavy atom. The van der Waals surface area contributed by atoms with Gasteiger partial charge >= 0.3 is 0 Å². The number of carbonyl (C=O) groups excluding carboxylic acids is 1. The number of rotatable bonds is 3. The lowest BCUT2D eigenvalue weighted by Crippen LogP contribution is -2.48. The molecule has 0 unspecified atom stereocenters. The molecule has 0 aromatic heterocycles. The summed E-state index contributed by atoms with van der Waals surface area (Å²) < 4.78 is 13.8. The molecule has 1 fully saturated rings. The van der Waals surface area contributed by atoms with Crippen molar-refractivity contribution in [3.63, 3.8) is 0 Å². The number of carbonyl (C=O) groups is 1.